The molecule has 0 radical (unpaired) electrons. The fraction of sp³-hybridized carbons (Fsp3) is 0. The molecule has 0 fully saturated rings. The summed E-state index contributed by atoms with van der Waals surface area (Å²) in [6.45, 7) is 0. The van der Waals surface area contributed by atoms with Crippen LogP contribution in [0.1, 0.15) is 11.1 Å². The Hall–Kier alpha value is -3.30. The van der Waals surface area contributed by atoms with Crippen LogP contribution in [-0.4, -0.2) is 0 Å². The van der Waals surface area contributed by atoms with Crippen molar-refractivity contribution >= 4 is 27.6 Å². The van der Waals surface area contributed by atoms with Gasteiger partial charge in [-0.2, -0.15) is 0 Å². The van der Waals surface area contributed by atoms with E-state index in [1.165, 1.54) is 27.1 Å². The van der Waals surface area contributed by atoms with Crippen LogP contribution in [0.25, 0.3) is 27.6 Å². The maximum absolute atomic E-state index is 3.14. The molecule has 112 valence electrons. The van der Waals surface area contributed by atoms with E-state index in [1.54, 1.807) is 0 Å². The molecule has 0 N–H and O–H groups in total. The van der Waals surface area contributed by atoms with Crippen LogP contribution < -0.4 is 0 Å². The van der Waals surface area contributed by atoms with Gasteiger partial charge in [-0.1, -0.05) is 78.6 Å². The van der Waals surface area contributed by atoms with Crippen LogP contribution in [-0.2, 0) is 0 Å². The van der Waals surface area contributed by atoms with E-state index in [0.29, 0.717) is 0 Å². The third-order valence-corrected chi connectivity index (χ3v) is 4.12. The summed E-state index contributed by atoms with van der Waals surface area (Å²) in [5, 5.41) is 5.11. The van der Waals surface area contributed by atoms with E-state index < -0.39 is 0 Å². The van der Waals surface area contributed by atoms with Gasteiger partial charge in [0.05, 0.1) is 0 Å². The molecule has 4 rings (SSSR count). The lowest BCUT2D eigenvalue weighted by atomic mass is 10.00. The topological polar surface area (TPSA) is 0 Å². The van der Waals surface area contributed by atoms with Gasteiger partial charge < -0.3 is 0 Å². The Morgan fingerprint density at radius 2 is 1.33 bits per heavy atom. The summed E-state index contributed by atoms with van der Waals surface area (Å²) in [4.78, 5) is 0. The largest absolute Gasteiger partial charge is 0.0696 e. The minimum absolute atomic E-state index is 1.03. The van der Waals surface area contributed by atoms with Crippen molar-refractivity contribution in [3.05, 3.63) is 102 Å². The molecule has 0 saturated heterocycles. The second kappa shape index (κ2) is 6.44. The SMILES string of the molecule is C(#Cc1ccccc1)/C=C/c1ccc2ccc3ccccc3c2c1. The van der Waals surface area contributed by atoms with Gasteiger partial charge in [0.2, 0.25) is 0 Å². The van der Waals surface area contributed by atoms with Crippen molar-refractivity contribution in [2.45, 2.75) is 0 Å². The van der Waals surface area contributed by atoms with Crippen molar-refractivity contribution in [3.63, 3.8) is 0 Å². The summed E-state index contributed by atoms with van der Waals surface area (Å²) < 4.78 is 0. The zero-order chi connectivity index (χ0) is 16.2. The van der Waals surface area contributed by atoms with Gasteiger partial charge in [0.25, 0.3) is 0 Å². The van der Waals surface area contributed by atoms with Crippen LogP contribution in [0, 0.1) is 11.8 Å². The van der Waals surface area contributed by atoms with Gasteiger partial charge in [-0.25, -0.2) is 0 Å². The van der Waals surface area contributed by atoms with E-state index in [0.717, 1.165) is 5.56 Å². The smallest absolute Gasteiger partial charge is 0.0248 e. The molecule has 0 aliphatic rings. The van der Waals surface area contributed by atoms with E-state index in [-0.39, 0.29) is 0 Å². The number of hydrogen-bond donors (Lipinski definition) is 0. The van der Waals surface area contributed by atoms with Gasteiger partial charge in [0, 0.05) is 5.56 Å². The van der Waals surface area contributed by atoms with Gasteiger partial charge in [-0.05, 0) is 57.5 Å². The Bertz CT molecular complexity index is 1090. The molecule has 0 heteroatoms. The lowest BCUT2D eigenvalue weighted by Gasteiger charge is -2.04. The first kappa shape index (κ1) is 14.3. The molecule has 0 nitrogen and oxygen atoms in total. The summed E-state index contributed by atoms with van der Waals surface area (Å²) in [5.41, 5.74) is 2.20. The summed E-state index contributed by atoms with van der Waals surface area (Å²) >= 11 is 0. The molecule has 0 aliphatic heterocycles. The van der Waals surface area contributed by atoms with Crippen molar-refractivity contribution in [3.8, 4) is 11.8 Å². The van der Waals surface area contributed by atoms with E-state index >= 15 is 0 Å². The van der Waals surface area contributed by atoms with E-state index in [1.807, 2.05) is 36.4 Å². The normalized spacial score (nSPS) is 10.8. The standard InChI is InChI=1S/C24H16/c1-2-8-19(9-3-1)10-4-5-11-20-14-15-22-17-16-21-12-6-7-13-23(21)24(22)18-20/h1-3,5-9,11-18H/b11-5+. The van der Waals surface area contributed by atoms with Crippen molar-refractivity contribution < 1.29 is 0 Å². The Morgan fingerprint density at radius 1 is 0.625 bits per heavy atom. The van der Waals surface area contributed by atoms with Crippen molar-refractivity contribution in [1.29, 1.82) is 0 Å². The second-order valence-corrected chi connectivity index (χ2v) is 5.74. The minimum atomic E-state index is 1.03. The molecule has 0 saturated carbocycles. The van der Waals surface area contributed by atoms with E-state index in [4.69, 9.17) is 0 Å². The van der Waals surface area contributed by atoms with E-state index in [2.05, 4.69) is 72.5 Å². The van der Waals surface area contributed by atoms with Gasteiger partial charge in [0.15, 0.2) is 0 Å². The van der Waals surface area contributed by atoms with Crippen molar-refractivity contribution in [2.24, 2.45) is 0 Å². The number of allylic oxidation sites excluding steroid dienone is 1. The Kier molecular flexibility index (Phi) is 3.84. The molecule has 0 spiro atoms. The highest BCUT2D eigenvalue weighted by molar-refractivity contribution is 6.07. The molecule has 4 aromatic rings. The number of hydrogen-bond acceptors (Lipinski definition) is 0. The average molecular weight is 304 g/mol. The zero-order valence-corrected chi connectivity index (χ0v) is 13.2. The third-order valence-electron chi connectivity index (χ3n) is 4.12. The summed E-state index contributed by atoms with van der Waals surface area (Å²) in [6.07, 6.45) is 3.98. The lowest BCUT2D eigenvalue weighted by Crippen LogP contribution is -1.79. The van der Waals surface area contributed by atoms with Crippen molar-refractivity contribution in [1.82, 2.24) is 0 Å². The van der Waals surface area contributed by atoms with Crippen LogP contribution in [0.2, 0.25) is 0 Å². The summed E-state index contributed by atoms with van der Waals surface area (Å²) in [5.74, 6) is 6.25. The summed E-state index contributed by atoms with van der Waals surface area (Å²) in [7, 11) is 0. The predicted molar refractivity (Wildman–Crippen MR) is 104 cm³/mol. The van der Waals surface area contributed by atoms with Crippen LogP contribution in [0.5, 0.6) is 0 Å². The van der Waals surface area contributed by atoms with Crippen LogP contribution in [0.15, 0.2) is 91.0 Å². The molecule has 0 atom stereocenters. The highest BCUT2D eigenvalue weighted by Gasteiger charge is 2.00. The monoisotopic (exact) mass is 304 g/mol. The molecule has 0 aliphatic carbocycles. The quantitative estimate of drug-likeness (QED) is 0.296. The van der Waals surface area contributed by atoms with Crippen LogP contribution in [0.4, 0.5) is 0 Å². The first-order chi connectivity index (χ1) is 11.9. The third kappa shape index (κ3) is 2.93. The number of benzene rings is 4. The molecule has 0 amide bonds. The van der Waals surface area contributed by atoms with Crippen LogP contribution in [0.3, 0.4) is 0 Å². The maximum Gasteiger partial charge on any atom is 0.0248 e. The Labute approximate surface area is 142 Å². The molecule has 0 unspecified atom stereocenters. The molecule has 0 aromatic heterocycles. The first-order valence-electron chi connectivity index (χ1n) is 8.05. The second-order valence-electron chi connectivity index (χ2n) is 5.74. The highest BCUT2D eigenvalue weighted by Crippen LogP contribution is 2.26. The average Bonchev–Trinajstić information content (AvgIpc) is 2.66. The molecule has 0 heterocycles. The minimum Gasteiger partial charge on any atom is -0.0696 e. The molecule has 0 bridgehead atoms. The first-order valence-corrected chi connectivity index (χ1v) is 8.05. The van der Waals surface area contributed by atoms with Gasteiger partial charge in [-0.3, -0.25) is 0 Å². The predicted octanol–water partition coefficient (Wildman–Crippen LogP) is 6.06. The fourth-order valence-electron chi connectivity index (χ4n) is 2.91. The maximum atomic E-state index is 3.14. The number of rotatable bonds is 1. The fourth-order valence-corrected chi connectivity index (χ4v) is 2.91. The number of fused-ring (bicyclic) bond motifs is 3. The van der Waals surface area contributed by atoms with Gasteiger partial charge >= 0.3 is 0 Å². The van der Waals surface area contributed by atoms with Crippen molar-refractivity contribution in [2.75, 3.05) is 0 Å². The van der Waals surface area contributed by atoms with Gasteiger partial charge in [0.1, 0.15) is 0 Å². The molecular weight excluding hydrogens is 288 g/mol. The Balaban J connectivity index is 1.69. The summed E-state index contributed by atoms with van der Waals surface area (Å²) in [6, 6.07) is 29.5. The highest BCUT2D eigenvalue weighted by atomic mass is 14.0. The van der Waals surface area contributed by atoms with Crippen LogP contribution >= 0.6 is 0 Å². The Morgan fingerprint density at radius 3 is 2.21 bits per heavy atom. The molecular formula is C24H16. The van der Waals surface area contributed by atoms with E-state index in [9.17, 15) is 0 Å². The lowest BCUT2D eigenvalue weighted by molar-refractivity contribution is 1.65. The zero-order valence-electron chi connectivity index (χ0n) is 13.2. The van der Waals surface area contributed by atoms with Gasteiger partial charge in [-0.15, -0.1) is 0 Å². The molecule has 4 aromatic carbocycles. The molecule has 24 heavy (non-hydrogen) atoms.